The molecular weight excluding hydrogens is 645 g/mol. The Hall–Kier alpha value is -7.10. The molecule has 8 aromatic carbocycles. The van der Waals surface area contributed by atoms with Crippen LogP contribution in [0.3, 0.4) is 0 Å². The van der Waals surface area contributed by atoms with E-state index >= 15 is 0 Å². The van der Waals surface area contributed by atoms with Crippen LogP contribution in [0.15, 0.2) is 194 Å². The maximum atomic E-state index is 6.43. The van der Waals surface area contributed by atoms with Crippen LogP contribution in [0.2, 0.25) is 0 Å². The summed E-state index contributed by atoms with van der Waals surface area (Å²) in [5, 5.41) is 2.37. The lowest BCUT2D eigenvalue weighted by Crippen LogP contribution is -1.97. The summed E-state index contributed by atoms with van der Waals surface area (Å²) in [6.07, 6.45) is 0. The van der Waals surface area contributed by atoms with E-state index in [-0.39, 0.29) is 0 Å². The van der Waals surface area contributed by atoms with Crippen LogP contribution in [-0.2, 0) is 0 Å². The molecule has 53 heavy (non-hydrogen) atoms. The van der Waals surface area contributed by atoms with Crippen LogP contribution >= 0.6 is 0 Å². The number of hydrogen-bond donors (Lipinski definition) is 0. The van der Waals surface area contributed by atoms with Crippen molar-refractivity contribution in [1.29, 1.82) is 0 Å². The van der Waals surface area contributed by atoms with Crippen LogP contribution < -0.4 is 4.74 Å². The van der Waals surface area contributed by atoms with Gasteiger partial charge in [0.25, 0.3) is 0 Å². The van der Waals surface area contributed by atoms with Gasteiger partial charge in [-0.3, -0.25) is 0 Å². The summed E-state index contributed by atoms with van der Waals surface area (Å²) in [6, 6.07) is 68.0. The number of nitrogens with zero attached hydrogens (tertiary/aromatic N) is 2. The largest absolute Gasteiger partial charge is 0.456 e. The van der Waals surface area contributed by atoms with Gasteiger partial charge in [0.05, 0.1) is 11.4 Å². The van der Waals surface area contributed by atoms with Crippen LogP contribution in [-0.4, -0.2) is 9.97 Å². The Labute approximate surface area is 308 Å². The summed E-state index contributed by atoms with van der Waals surface area (Å²) in [5.74, 6) is 2.51. The highest BCUT2D eigenvalue weighted by atomic mass is 16.5. The lowest BCUT2D eigenvalue weighted by Gasteiger charge is -2.22. The normalized spacial score (nSPS) is 11.5. The number of hydrogen-bond acceptors (Lipinski definition) is 3. The van der Waals surface area contributed by atoms with E-state index in [1.165, 1.54) is 27.5 Å². The predicted octanol–water partition coefficient (Wildman–Crippen LogP) is 13.4. The first kappa shape index (κ1) is 30.7. The lowest BCUT2D eigenvalue weighted by atomic mass is 9.92. The Morgan fingerprint density at radius 3 is 1.36 bits per heavy atom. The van der Waals surface area contributed by atoms with Crippen molar-refractivity contribution in [2.45, 2.75) is 0 Å². The van der Waals surface area contributed by atoms with Crippen LogP contribution in [0.1, 0.15) is 0 Å². The molecule has 0 atom stereocenters. The molecule has 1 aromatic heterocycles. The van der Waals surface area contributed by atoms with Crippen molar-refractivity contribution in [3.63, 3.8) is 0 Å². The molecule has 248 valence electrons. The van der Waals surface area contributed by atoms with E-state index in [0.717, 1.165) is 67.4 Å². The van der Waals surface area contributed by atoms with Gasteiger partial charge in [-0.1, -0.05) is 170 Å². The molecule has 0 saturated heterocycles. The highest BCUT2D eigenvalue weighted by molar-refractivity contribution is 6.04. The van der Waals surface area contributed by atoms with Crippen molar-refractivity contribution in [1.82, 2.24) is 9.97 Å². The standard InChI is InChI=1S/C50H32N2O/c1-3-9-33(10-4-1)34-21-25-38(26-22-34)45-32-46(52-50(51-45)41-11-5-2-6-12-41)39-27-23-36(24-28-39)35-17-19-37(20-18-35)42-29-30-43-44-15-7-13-40-14-8-16-47(49(40)44)53-48(43)31-42/h1-32H. The molecule has 0 spiro atoms. The molecule has 1 aliphatic heterocycles. The average Bonchev–Trinajstić information content (AvgIpc) is 3.24. The summed E-state index contributed by atoms with van der Waals surface area (Å²) in [7, 11) is 0. The zero-order chi connectivity index (χ0) is 35.1. The Morgan fingerprint density at radius 2 is 0.774 bits per heavy atom. The van der Waals surface area contributed by atoms with Crippen LogP contribution in [0, 0.1) is 0 Å². The fourth-order valence-corrected chi connectivity index (χ4v) is 7.36. The molecule has 0 aliphatic carbocycles. The fraction of sp³-hybridized carbons (Fsp3) is 0. The van der Waals surface area contributed by atoms with Crippen molar-refractivity contribution >= 4 is 10.8 Å². The number of fused-ring (bicyclic) bond motifs is 2. The van der Waals surface area contributed by atoms with Crippen molar-refractivity contribution in [2.75, 3.05) is 0 Å². The van der Waals surface area contributed by atoms with E-state index in [1.54, 1.807) is 0 Å². The highest BCUT2D eigenvalue weighted by Crippen LogP contribution is 2.47. The smallest absolute Gasteiger partial charge is 0.160 e. The minimum absolute atomic E-state index is 0.707. The zero-order valence-corrected chi connectivity index (χ0v) is 28.8. The van der Waals surface area contributed by atoms with Crippen LogP contribution in [0.5, 0.6) is 11.5 Å². The van der Waals surface area contributed by atoms with Crippen molar-refractivity contribution < 1.29 is 4.74 Å². The molecular formula is C50H32N2O. The average molecular weight is 677 g/mol. The first-order chi connectivity index (χ1) is 26.2. The first-order valence-electron chi connectivity index (χ1n) is 17.9. The third-order valence-corrected chi connectivity index (χ3v) is 10.1. The Kier molecular flexibility index (Phi) is 7.47. The minimum Gasteiger partial charge on any atom is -0.456 e. The molecule has 3 nitrogen and oxygen atoms in total. The van der Waals surface area contributed by atoms with Gasteiger partial charge in [0.1, 0.15) is 11.5 Å². The number of benzene rings is 8. The summed E-state index contributed by atoms with van der Waals surface area (Å²) < 4.78 is 6.43. The molecule has 0 N–H and O–H groups in total. The van der Waals surface area contributed by atoms with Crippen molar-refractivity contribution in [3.05, 3.63) is 194 Å². The van der Waals surface area contributed by atoms with Gasteiger partial charge in [-0.15, -0.1) is 0 Å². The molecule has 9 aromatic rings. The molecule has 10 rings (SSSR count). The molecule has 3 heteroatoms. The van der Waals surface area contributed by atoms with E-state index in [9.17, 15) is 0 Å². The monoisotopic (exact) mass is 676 g/mol. The number of ether oxygens (including phenoxy) is 1. The molecule has 0 radical (unpaired) electrons. The SMILES string of the molecule is c1ccc(-c2ccc(-c3cc(-c4ccc(-c5ccc(-c6ccc7c(c6)Oc6cccc8cccc-7c68)cc5)cc4)nc(-c4ccccc4)n3)cc2)cc1. The highest BCUT2D eigenvalue weighted by Gasteiger charge is 2.20. The van der Waals surface area contributed by atoms with Crippen molar-refractivity contribution in [3.8, 4) is 89.9 Å². The molecule has 0 amide bonds. The van der Waals surface area contributed by atoms with Gasteiger partial charge in [-0.05, 0) is 68.6 Å². The first-order valence-corrected chi connectivity index (χ1v) is 17.9. The minimum atomic E-state index is 0.707. The lowest BCUT2D eigenvalue weighted by molar-refractivity contribution is 0.487. The van der Waals surface area contributed by atoms with Gasteiger partial charge in [-0.2, -0.15) is 0 Å². The molecule has 0 fully saturated rings. The summed E-state index contributed by atoms with van der Waals surface area (Å²) in [5.41, 5.74) is 14.1. The second-order valence-electron chi connectivity index (χ2n) is 13.4. The third kappa shape index (κ3) is 5.75. The Balaban J connectivity index is 0.935. The van der Waals surface area contributed by atoms with Gasteiger partial charge in [0, 0.05) is 27.6 Å². The van der Waals surface area contributed by atoms with Gasteiger partial charge in [0.15, 0.2) is 5.82 Å². The van der Waals surface area contributed by atoms with E-state index in [4.69, 9.17) is 14.7 Å². The van der Waals surface area contributed by atoms with Crippen LogP contribution in [0.25, 0.3) is 89.2 Å². The fourth-order valence-electron chi connectivity index (χ4n) is 7.36. The maximum absolute atomic E-state index is 6.43. The van der Waals surface area contributed by atoms with Crippen molar-refractivity contribution in [2.24, 2.45) is 0 Å². The van der Waals surface area contributed by atoms with Gasteiger partial charge < -0.3 is 4.74 Å². The second-order valence-corrected chi connectivity index (χ2v) is 13.4. The van der Waals surface area contributed by atoms with Gasteiger partial charge >= 0.3 is 0 Å². The Morgan fingerprint density at radius 1 is 0.302 bits per heavy atom. The van der Waals surface area contributed by atoms with E-state index < -0.39 is 0 Å². The quantitative estimate of drug-likeness (QED) is 0.176. The van der Waals surface area contributed by atoms with Gasteiger partial charge in [-0.25, -0.2) is 9.97 Å². The summed E-state index contributed by atoms with van der Waals surface area (Å²) in [6.45, 7) is 0. The van der Waals surface area contributed by atoms with Crippen LogP contribution in [0.4, 0.5) is 0 Å². The number of aromatic nitrogens is 2. The molecule has 0 unspecified atom stereocenters. The second kappa shape index (κ2) is 12.9. The summed E-state index contributed by atoms with van der Waals surface area (Å²) in [4.78, 5) is 10.1. The summed E-state index contributed by atoms with van der Waals surface area (Å²) >= 11 is 0. The maximum Gasteiger partial charge on any atom is 0.160 e. The Bertz CT molecular complexity index is 2750. The molecule has 2 heterocycles. The molecule has 0 bridgehead atoms. The topological polar surface area (TPSA) is 35.0 Å². The van der Waals surface area contributed by atoms with Gasteiger partial charge in [0.2, 0.25) is 0 Å². The van der Waals surface area contributed by atoms with E-state index in [1.807, 2.05) is 24.3 Å². The predicted molar refractivity (Wildman–Crippen MR) is 218 cm³/mol. The molecule has 1 aliphatic rings. The third-order valence-electron chi connectivity index (χ3n) is 10.1. The molecule has 0 saturated carbocycles. The van der Waals surface area contributed by atoms with E-state index in [2.05, 4.69) is 170 Å². The van der Waals surface area contributed by atoms with E-state index in [0.29, 0.717) is 5.82 Å². The number of rotatable bonds is 6. The zero-order valence-electron chi connectivity index (χ0n) is 28.8.